The van der Waals surface area contributed by atoms with Crippen molar-refractivity contribution in [1.29, 1.82) is 5.26 Å². The van der Waals surface area contributed by atoms with E-state index >= 15 is 0 Å². The number of tetrazole rings is 1. The monoisotopic (exact) mass is 374 g/mol. The minimum Gasteiger partial charge on any atom is -0.404 e. The largest absolute Gasteiger partial charge is 0.573 e. The van der Waals surface area contributed by atoms with Crippen molar-refractivity contribution in [3.05, 3.63) is 34.7 Å². The molecule has 0 atom stereocenters. The predicted octanol–water partition coefficient (Wildman–Crippen LogP) is 2.84. The number of allylic oxidation sites excluding steroid dienone is 1. The van der Waals surface area contributed by atoms with E-state index in [2.05, 4.69) is 46.6 Å². The highest BCUT2D eigenvalue weighted by Crippen LogP contribution is 2.32. The van der Waals surface area contributed by atoms with Crippen LogP contribution in [0.3, 0.4) is 0 Å². The van der Waals surface area contributed by atoms with Crippen molar-refractivity contribution in [3.8, 4) is 11.8 Å². The Kier molecular flexibility index (Phi) is 4.62. The van der Waals surface area contributed by atoms with Gasteiger partial charge in [-0.25, -0.2) is 0 Å². The Morgan fingerprint density at radius 3 is 2.82 bits per heavy atom. The lowest BCUT2D eigenvalue weighted by Gasteiger charge is -2.13. The Bertz CT molecular complexity index is 722. The molecule has 22 heavy (non-hydrogen) atoms. The van der Waals surface area contributed by atoms with Crippen LogP contribution < -0.4 is 10.1 Å². The molecule has 0 spiro atoms. The van der Waals surface area contributed by atoms with Gasteiger partial charge < -0.3 is 10.1 Å². The molecule has 0 bridgehead atoms. The minimum absolute atomic E-state index is 0.00273. The van der Waals surface area contributed by atoms with E-state index < -0.39 is 12.1 Å². The summed E-state index contributed by atoms with van der Waals surface area (Å²) >= 11 is 3.14. The number of ether oxygens (including phenoxy) is 1. The number of nitriles is 1. The van der Waals surface area contributed by atoms with Crippen LogP contribution in [-0.2, 0) is 0 Å². The fraction of sp³-hybridized carbons (Fsp3) is 0.0909. The molecule has 1 aromatic carbocycles. The topological polar surface area (TPSA) is 99.5 Å². The average molecular weight is 375 g/mol. The van der Waals surface area contributed by atoms with Gasteiger partial charge >= 0.3 is 6.36 Å². The van der Waals surface area contributed by atoms with E-state index in [4.69, 9.17) is 5.26 Å². The van der Waals surface area contributed by atoms with Gasteiger partial charge in [0.2, 0.25) is 5.82 Å². The van der Waals surface area contributed by atoms with Crippen LogP contribution in [0.2, 0.25) is 0 Å². The van der Waals surface area contributed by atoms with Crippen LogP contribution in [0.5, 0.6) is 5.75 Å². The van der Waals surface area contributed by atoms with Gasteiger partial charge in [0.05, 0.1) is 5.69 Å². The summed E-state index contributed by atoms with van der Waals surface area (Å²) in [5.41, 5.74) is -0.0189. The molecule has 0 radical (unpaired) electrons. The Hall–Kier alpha value is -2.61. The van der Waals surface area contributed by atoms with Crippen molar-refractivity contribution < 1.29 is 17.9 Å². The maximum absolute atomic E-state index is 12.3. The molecule has 1 aromatic heterocycles. The Balaban J connectivity index is 2.29. The molecule has 0 unspecified atom stereocenters. The molecule has 7 nitrogen and oxygen atoms in total. The lowest BCUT2D eigenvalue weighted by atomic mass is 10.2. The van der Waals surface area contributed by atoms with Crippen LogP contribution in [0.4, 0.5) is 18.9 Å². The van der Waals surface area contributed by atoms with Gasteiger partial charge in [-0.1, -0.05) is 15.9 Å². The number of aromatic amines is 1. The van der Waals surface area contributed by atoms with Crippen LogP contribution in [0.25, 0.3) is 5.57 Å². The maximum atomic E-state index is 12.3. The quantitative estimate of drug-likeness (QED) is 0.798. The highest BCUT2D eigenvalue weighted by molar-refractivity contribution is 9.10. The van der Waals surface area contributed by atoms with Crippen LogP contribution in [-0.4, -0.2) is 27.0 Å². The first-order chi connectivity index (χ1) is 10.4. The van der Waals surface area contributed by atoms with Gasteiger partial charge in [-0.15, -0.1) is 23.4 Å². The first-order valence-electron chi connectivity index (χ1n) is 5.55. The first kappa shape index (κ1) is 15.8. The lowest BCUT2D eigenvalue weighted by Crippen LogP contribution is -2.17. The summed E-state index contributed by atoms with van der Waals surface area (Å²) in [5, 5.41) is 24.2. The van der Waals surface area contributed by atoms with Gasteiger partial charge in [0.15, 0.2) is 5.75 Å². The number of alkyl halides is 3. The summed E-state index contributed by atoms with van der Waals surface area (Å²) in [4.78, 5) is 0. The third-order valence-electron chi connectivity index (χ3n) is 2.25. The second-order valence-electron chi connectivity index (χ2n) is 3.74. The van der Waals surface area contributed by atoms with Crippen molar-refractivity contribution >= 4 is 27.2 Å². The van der Waals surface area contributed by atoms with Crippen LogP contribution in [0, 0.1) is 11.3 Å². The van der Waals surface area contributed by atoms with Gasteiger partial charge in [0.25, 0.3) is 0 Å². The molecule has 114 valence electrons. The molecule has 0 amide bonds. The van der Waals surface area contributed by atoms with Crippen molar-refractivity contribution in [2.24, 2.45) is 0 Å². The molecule has 1 heterocycles. The number of benzene rings is 1. The molecule has 0 aliphatic heterocycles. The van der Waals surface area contributed by atoms with Crippen LogP contribution in [0.15, 0.2) is 28.9 Å². The second kappa shape index (κ2) is 6.44. The highest BCUT2D eigenvalue weighted by Gasteiger charge is 2.32. The third kappa shape index (κ3) is 4.19. The molecular formula is C11H6BrF3N6O. The lowest BCUT2D eigenvalue weighted by molar-refractivity contribution is -0.274. The first-order valence-corrected chi connectivity index (χ1v) is 6.34. The Labute approximate surface area is 129 Å². The van der Waals surface area contributed by atoms with Crippen LogP contribution in [0.1, 0.15) is 5.82 Å². The zero-order valence-corrected chi connectivity index (χ0v) is 12.1. The summed E-state index contributed by atoms with van der Waals surface area (Å²) in [5.74, 6) is -0.444. The summed E-state index contributed by atoms with van der Waals surface area (Å²) < 4.78 is 41.5. The normalized spacial score (nSPS) is 11.9. The van der Waals surface area contributed by atoms with Crippen molar-refractivity contribution in [2.75, 3.05) is 5.32 Å². The molecule has 0 aliphatic carbocycles. The fourth-order valence-corrected chi connectivity index (χ4v) is 1.76. The predicted molar refractivity (Wildman–Crippen MR) is 72.2 cm³/mol. The fourth-order valence-electron chi connectivity index (χ4n) is 1.40. The number of hydrogen-bond acceptors (Lipinski definition) is 6. The van der Waals surface area contributed by atoms with Gasteiger partial charge in [-0.2, -0.15) is 10.5 Å². The molecule has 2 rings (SSSR count). The Morgan fingerprint density at radius 1 is 1.45 bits per heavy atom. The minimum atomic E-state index is -4.83. The zero-order valence-electron chi connectivity index (χ0n) is 10.5. The summed E-state index contributed by atoms with van der Waals surface area (Å²) in [6.07, 6.45) is -3.68. The molecule has 2 aromatic rings. The smallest absolute Gasteiger partial charge is 0.404 e. The van der Waals surface area contributed by atoms with E-state index in [9.17, 15) is 13.2 Å². The summed E-state index contributed by atoms with van der Waals surface area (Å²) in [6, 6.07) is 5.68. The summed E-state index contributed by atoms with van der Waals surface area (Å²) in [6.45, 7) is 0. The van der Waals surface area contributed by atoms with E-state index in [1.807, 2.05) is 0 Å². The van der Waals surface area contributed by atoms with Gasteiger partial charge in [-0.05, 0) is 23.4 Å². The zero-order chi connectivity index (χ0) is 16.2. The molecule has 0 aliphatic rings. The van der Waals surface area contributed by atoms with E-state index in [0.29, 0.717) is 4.47 Å². The SMILES string of the molecule is N#CC(=CNc1cc(Br)ccc1OC(F)(F)F)c1nn[nH]n1. The number of H-pyrrole nitrogens is 1. The van der Waals surface area contributed by atoms with E-state index in [-0.39, 0.29) is 17.1 Å². The van der Waals surface area contributed by atoms with Crippen molar-refractivity contribution in [2.45, 2.75) is 6.36 Å². The number of halogens is 4. The van der Waals surface area contributed by atoms with Gasteiger partial charge in [-0.3, -0.25) is 0 Å². The molecule has 0 saturated carbocycles. The molecular weight excluding hydrogens is 369 g/mol. The van der Waals surface area contributed by atoms with Crippen molar-refractivity contribution in [3.63, 3.8) is 0 Å². The van der Waals surface area contributed by atoms with Crippen molar-refractivity contribution in [1.82, 2.24) is 20.6 Å². The number of rotatable bonds is 4. The molecule has 0 saturated heterocycles. The average Bonchev–Trinajstić information content (AvgIpc) is 2.95. The number of hydrogen-bond donors (Lipinski definition) is 2. The second-order valence-corrected chi connectivity index (χ2v) is 4.65. The van der Waals surface area contributed by atoms with E-state index in [1.54, 1.807) is 6.07 Å². The highest BCUT2D eigenvalue weighted by atomic mass is 79.9. The number of aromatic nitrogens is 4. The van der Waals surface area contributed by atoms with E-state index in [0.717, 1.165) is 12.3 Å². The number of nitrogens with zero attached hydrogens (tertiary/aromatic N) is 4. The van der Waals surface area contributed by atoms with Crippen LogP contribution >= 0.6 is 15.9 Å². The molecule has 2 N–H and O–H groups in total. The Morgan fingerprint density at radius 2 is 2.23 bits per heavy atom. The van der Waals surface area contributed by atoms with E-state index in [1.165, 1.54) is 12.1 Å². The maximum Gasteiger partial charge on any atom is 0.573 e. The molecule has 0 fully saturated rings. The van der Waals surface area contributed by atoms with Gasteiger partial charge in [0.1, 0.15) is 11.6 Å². The standard InChI is InChI=1S/C11H6BrF3N6O/c12-7-1-2-9(22-11(13,14)15)8(3-7)17-5-6(4-16)10-18-20-21-19-10/h1-3,5,17H,(H,18,19,20,21). The number of nitrogens with one attached hydrogen (secondary N) is 2. The summed E-state index contributed by atoms with van der Waals surface area (Å²) in [7, 11) is 0. The number of anilines is 1. The van der Waals surface area contributed by atoms with Gasteiger partial charge in [0, 0.05) is 10.7 Å². The third-order valence-corrected chi connectivity index (χ3v) is 2.74. The molecule has 11 heteroatoms.